The molecule has 1 aromatic heterocycles. The first kappa shape index (κ1) is 14.4. The highest BCUT2D eigenvalue weighted by molar-refractivity contribution is 5.94. The summed E-state index contributed by atoms with van der Waals surface area (Å²) in [5.41, 5.74) is 0.973. The van der Waals surface area contributed by atoms with Crippen molar-refractivity contribution in [2.24, 2.45) is 0 Å². The third-order valence-electron chi connectivity index (χ3n) is 2.95. The number of fused-ring (bicyclic) bond motifs is 1. The van der Waals surface area contributed by atoms with Crippen LogP contribution in [0.25, 0.3) is 10.9 Å². The number of halogens is 1. The third kappa shape index (κ3) is 3.74. The smallest absolute Gasteiger partial charge is 0.269 e. The molecule has 1 amide bonds. The Morgan fingerprint density at radius 3 is 2.85 bits per heavy atom. The van der Waals surface area contributed by atoms with Gasteiger partial charge in [0.05, 0.1) is 5.52 Å². The molecule has 0 fully saturated rings. The molecule has 1 aromatic carbocycles. The summed E-state index contributed by atoms with van der Waals surface area (Å²) in [5, 5.41) is 3.52. The van der Waals surface area contributed by atoms with Crippen molar-refractivity contribution in [1.29, 1.82) is 0 Å². The fourth-order valence-corrected chi connectivity index (χ4v) is 1.91. The number of amides is 1. The van der Waals surface area contributed by atoms with Crippen molar-refractivity contribution in [3.63, 3.8) is 0 Å². The molecule has 0 atom stereocenters. The zero-order valence-corrected chi connectivity index (χ0v) is 11.7. The first-order valence-corrected chi connectivity index (χ1v) is 6.55. The molecule has 1 heterocycles. The summed E-state index contributed by atoms with van der Waals surface area (Å²) < 4.78 is 13.1. The fourth-order valence-electron chi connectivity index (χ4n) is 1.91. The van der Waals surface area contributed by atoms with E-state index in [1.807, 2.05) is 14.1 Å². The predicted molar refractivity (Wildman–Crippen MR) is 77.2 cm³/mol. The van der Waals surface area contributed by atoms with Crippen LogP contribution in [0.5, 0.6) is 0 Å². The molecule has 0 unspecified atom stereocenters. The number of nitrogens with one attached hydrogen (secondary N) is 1. The van der Waals surface area contributed by atoms with E-state index in [2.05, 4.69) is 15.2 Å². The molecule has 0 radical (unpaired) electrons. The number of nitrogens with zero attached hydrogens (tertiary/aromatic N) is 2. The van der Waals surface area contributed by atoms with Gasteiger partial charge in [-0.2, -0.15) is 0 Å². The van der Waals surface area contributed by atoms with Crippen LogP contribution < -0.4 is 5.32 Å². The number of hydrogen-bond donors (Lipinski definition) is 1. The van der Waals surface area contributed by atoms with Gasteiger partial charge in [-0.1, -0.05) is 6.07 Å². The van der Waals surface area contributed by atoms with Gasteiger partial charge in [0.2, 0.25) is 0 Å². The van der Waals surface area contributed by atoms with E-state index in [1.165, 1.54) is 12.1 Å². The molecule has 0 spiro atoms. The maximum Gasteiger partial charge on any atom is 0.269 e. The van der Waals surface area contributed by atoms with Crippen molar-refractivity contribution < 1.29 is 9.18 Å². The molecule has 20 heavy (non-hydrogen) atoms. The summed E-state index contributed by atoms with van der Waals surface area (Å²) in [6, 6.07) is 7.64. The molecular formula is C15H18FN3O. The van der Waals surface area contributed by atoms with Gasteiger partial charge in [-0.3, -0.25) is 4.79 Å². The van der Waals surface area contributed by atoms with Crippen molar-refractivity contribution >= 4 is 16.8 Å². The lowest BCUT2D eigenvalue weighted by atomic mass is 10.2. The predicted octanol–water partition coefficient (Wildman–Crippen LogP) is 2.06. The lowest BCUT2D eigenvalue weighted by Crippen LogP contribution is -2.27. The molecule has 0 bridgehead atoms. The highest BCUT2D eigenvalue weighted by Crippen LogP contribution is 2.14. The van der Waals surface area contributed by atoms with Crippen LogP contribution in [0.2, 0.25) is 0 Å². The zero-order valence-electron chi connectivity index (χ0n) is 11.7. The largest absolute Gasteiger partial charge is 0.351 e. The Labute approximate surface area is 117 Å². The van der Waals surface area contributed by atoms with Crippen LogP contribution in [-0.2, 0) is 0 Å². The van der Waals surface area contributed by atoms with Gasteiger partial charge in [0.25, 0.3) is 5.91 Å². The number of benzene rings is 1. The Kier molecular flexibility index (Phi) is 4.63. The summed E-state index contributed by atoms with van der Waals surface area (Å²) in [5.74, 6) is -0.504. The standard InChI is InChI=1S/C15H18FN3O/c1-19(2)9-3-8-17-15(20)14-6-4-11-10-12(16)5-7-13(11)18-14/h4-7,10H,3,8-9H2,1-2H3,(H,17,20). The van der Waals surface area contributed by atoms with E-state index in [0.29, 0.717) is 23.1 Å². The Balaban J connectivity index is 2.01. The molecule has 1 N–H and O–H groups in total. The van der Waals surface area contributed by atoms with Gasteiger partial charge in [-0.05, 0) is 51.3 Å². The Bertz CT molecular complexity index is 613. The molecule has 0 aliphatic heterocycles. The summed E-state index contributed by atoms with van der Waals surface area (Å²) in [6.45, 7) is 1.53. The second-order valence-electron chi connectivity index (χ2n) is 4.95. The Morgan fingerprint density at radius 2 is 2.10 bits per heavy atom. The van der Waals surface area contributed by atoms with E-state index in [1.54, 1.807) is 18.2 Å². The molecule has 0 saturated carbocycles. The molecule has 0 saturated heterocycles. The van der Waals surface area contributed by atoms with E-state index < -0.39 is 0 Å². The van der Waals surface area contributed by atoms with Crippen LogP contribution >= 0.6 is 0 Å². The van der Waals surface area contributed by atoms with Crippen molar-refractivity contribution in [1.82, 2.24) is 15.2 Å². The lowest BCUT2D eigenvalue weighted by Gasteiger charge is -2.09. The van der Waals surface area contributed by atoms with Gasteiger partial charge < -0.3 is 10.2 Å². The monoisotopic (exact) mass is 275 g/mol. The Hall–Kier alpha value is -2.01. The maximum atomic E-state index is 13.1. The van der Waals surface area contributed by atoms with E-state index in [0.717, 1.165) is 13.0 Å². The van der Waals surface area contributed by atoms with E-state index in [9.17, 15) is 9.18 Å². The molecule has 5 heteroatoms. The highest BCUT2D eigenvalue weighted by Gasteiger charge is 2.07. The van der Waals surface area contributed by atoms with E-state index in [4.69, 9.17) is 0 Å². The first-order valence-electron chi connectivity index (χ1n) is 6.55. The SMILES string of the molecule is CN(C)CCCNC(=O)c1ccc2cc(F)ccc2n1. The first-order chi connectivity index (χ1) is 9.56. The maximum absolute atomic E-state index is 13.1. The molecule has 0 aliphatic rings. The molecule has 106 valence electrons. The van der Waals surface area contributed by atoms with E-state index in [-0.39, 0.29) is 11.7 Å². The van der Waals surface area contributed by atoms with Crippen LogP contribution in [0.3, 0.4) is 0 Å². The second kappa shape index (κ2) is 6.43. The fraction of sp³-hybridized carbons (Fsp3) is 0.333. The van der Waals surface area contributed by atoms with Crippen molar-refractivity contribution in [3.05, 3.63) is 41.8 Å². The normalized spacial score (nSPS) is 11.0. The average molecular weight is 275 g/mol. The highest BCUT2D eigenvalue weighted by atomic mass is 19.1. The second-order valence-corrected chi connectivity index (χ2v) is 4.95. The average Bonchev–Trinajstić information content (AvgIpc) is 2.42. The molecule has 4 nitrogen and oxygen atoms in total. The van der Waals surface area contributed by atoms with Crippen LogP contribution in [0.15, 0.2) is 30.3 Å². The summed E-state index contributed by atoms with van der Waals surface area (Å²) in [7, 11) is 3.98. The lowest BCUT2D eigenvalue weighted by molar-refractivity contribution is 0.0947. The summed E-state index contributed by atoms with van der Waals surface area (Å²) in [6.07, 6.45) is 0.886. The minimum Gasteiger partial charge on any atom is -0.351 e. The number of carbonyl (C=O) groups is 1. The van der Waals surface area contributed by atoms with Gasteiger partial charge in [-0.15, -0.1) is 0 Å². The van der Waals surface area contributed by atoms with Gasteiger partial charge >= 0.3 is 0 Å². The number of aromatic nitrogens is 1. The number of hydrogen-bond acceptors (Lipinski definition) is 3. The minimum atomic E-state index is -0.305. The summed E-state index contributed by atoms with van der Waals surface area (Å²) >= 11 is 0. The van der Waals surface area contributed by atoms with E-state index >= 15 is 0 Å². The number of carbonyl (C=O) groups excluding carboxylic acids is 1. The van der Waals surface area contributed by atoms with Gasteiger partial charge in [0, 0.05) is 11.9 Å². The van der Waals surface area contributed by atoms with Crippen LogP contribution in [-0.4, -0.2) is 43.0 Å². The number of rotatable bonds is 5. The molecular weight excluding hydrogens is 257 g/mol. The van der Waals surface area contributed by atoms with Gasteiger partial charge in [-0.25, -0.2) is 9.37 Å². The van der Waals surface area contributed by atoms with Gasteiger partial charge in [0.15, 0.2) is 0 Å². The van der Waals surface area contributed by atoms with Crippen LogP contribution in [0, 0.1) is 5.82 Å². The van der Waals surface area contributed by atoms with Crippen molar-refractivity contribution in [3.8, 4) is 0 Å². The topological polar surface area (TPSA) is 45.2 Å². The Morgan fingerprint density at radius 1 is 1.30 bits per heavy atom. The third-order valence-corrected chi connectivity index (χ3v) is 2.95. The quantitative estimate of drug-likeness (QED) is 0.850. The van der Waals surface area contributed by atoms with Gasteiger partial charge in [0.1, 0.15) is 11.5 Å². The van der Waals surface area contributed by atoms with Crippen LogP contribution in [0.1, 0.15) is 16.9 Å². The zero-order chi connectivity index (χ0) is 14.5. The molecule has 0 aliphatic carbocycles. The van der Waals surface area contributed by atoms with Crippen molar-refractivity contribution in [2.45, 2.75) is 6.42 Å². The minimum absolute atomic E-state index is 0.199. The van der Waals surface area contributed by atoms with Crippen molar-refractivity contribution in [2.75, 3.05) is 27.2 Å². The number of pyridine rings is 1. The molecule has 2 rings (SSSR count). The summed E-state index contributed by atoms with van der Waals surface area (Å²) in [4.78, 5) is 18.2. The van der Waals surface area contributed by atoms with Crippen LogP contribution in [0.4, 0.5) is 4.39 Å². The molecule has 2 aromatic rings.